The molecule has 2 nitrogen and oxygen atoms in total. The number of aromatic nitrogens is 2. The number of nitrogens with zero attached hydrogens (tertiary/aromatic N) is 2. The second-order valence-electron chi connectivity index (χ2n) is 13.6. The van der Waals surface area contributed by atoms with Gasteiger partial charge < -0.3 is 9.97 Å². The quantitative estimate of drug-likeness (QED) is 0.107. The molecule has 4 aromatic carbocycles. The van der Waals surface area contributed by atoms with Crippen LogP contribution < -0.4 is 5.19 Å². The molecular formula is C45H48IrN2Si-2. The van der Waals surface area contributed by atoms with Crippen LogP contribution in [0.25, 0.3) is 44.8 Å². The predicted molar refractivity (Wildman–Crippen MR) is 208 cm³/mol. The summed E-state index contributed by atoms with van der Waals surface area (Å²) in [6, 6.07) is 44.1. The molecule has 253 valence electrons. The van der Waals surface area contributed by atoms with E-state index in [4.69, 9.17) is 10.5 Å². The van der Waals surface area contributed by atoms with Gasteiger partial charge in [0.25, 0.3) is 0 Å². The van der Waals surface area contributed by atoms with Crippen molar-refractivity contribution >= 4 is 13.3 Å². The zero-order valence-electron chi connectivity index (χ0n) is 33.5. The maximum atomic E-state index is 8.78. The van der Waals surface area contributed by atoms with Crippen LogP contribution in [0.1, 0.15) is 44.3 Å². The summed E-state index contributed by atoms with van der Waals surface area (Å²) in [5.41, 5.74) is 8.76. The molecule has 0 N–H and O–H groups in total. The van der Waals surface area contributed by atoms with Gasteiger partial charge in [-0.15, -0.1) is 71.3 Å². The van der Waals surface area contributed by atoms with Gasteiger partial charge in [0.2, 0.25) is 0 Å². The summed E-state index contributed by atoms with van der Waals surface area (Å²) >= 11 is 0. The minimum Gasteiger partial charge on any atom is -0.305 e. The maximum absolute atomic E-state index is 8.78. The van der Waals surface area contributed by atoms with E-state index < -0.39 is 20.8 Å². The first kappa shape index (κ1) is 32.3. The van der Waals surface area contributed by atoms with Crippen LogP contribution in [-0.2, 0) is 32.9 Å². The molecule has 6 aromatic rings. The third-order valence-corrected chi connectivity index (χ3v) is 9.77. The third kappa shape index (κ3) is 10.5. The van der Waals surface area contributed by atoms with Crippen molar-refractivity contribution in [3.63, 3.8) is 0 Å². The van der Waals surface area contributed by atoms with Gasteiger partial charge in [0.15, 0.2) is 0 Å². The van der Waals surface area contributed by atoms with Crippen LogP contribution in [0.3, 0.4) is 0 Å². The molecule has 0 fully saturated rings. The molecule has 2 heterocycles. The summed E-state index contributed by atoms with van der Waals surface area (Å²) in [5, 5.41) is 1.10. The smallest absolute Gasteiger partial charge is 0.0798 e. The Morgan fingerprint density at radius 3 is 1.76 bits per heavy atom. The van der Waals surface area contributed by atoms with Crippen LogP contribution in [0.4, 0.5) is 0 Å². The van der Waals surface area contributed by atoms with Gasteiger partial charge in [-0.3, -0.25) is 0 Å². The van der Waals surface area contributed by atoms with E-state index in [1.54, 1.807) is 6.20 Å². The second-order valence-corrected chi connectivity index (χ2v) is 18.6. The molecule has 49 heavy (non-hydrogen) atoms. The summed E-state index contributed by atoms with van der Waals surface area (Å²) in [5.74, 6) is -0.257. The van der Waals surface area contributed by atoms with E-state index >= 15 is 0 Å². The van der Waals surface area contributed by atoms with Gasteiger partial charge in [-0.2, -0.15) is 0 Å². The van der Waals surface area contributed by atoms with E-state index in [1.807, 2.05) is 131 Å². The molecule has 0 aliphatic rings. The van der Waals surface area contributed by atoms with Crippen molar-refractivity contribution in [3.05, 3.63) is 151 Å². The van der Waals surface area contributed by atoms with Crippen LogP contribution in [0.15, 0.2) is 128 Å². The Balaban J connectivity index is 0.000000244. The number of benzene rings is 4. The second kappa shape index (κ2) is 17.6. The summed E-state index contributed by atoms with van der Waals surface area (Å²) in [7, 11) is -1.67. The van der Waals surface area contributed by atoms with Crippen LogP contribution >= 0.6 is 0 Å². The van der Waals surface area contributed by atoms with Crippen LogP contribution in [0.5, 0.6) is 0 Å². The van der Waals surface area contributed by atoms with Gasteiger partial charge in [0, 0.05) is 43.5 Å². The average Bonchev–Trinajstić information content (AvgIpc) is 3.15. The van der Waals surface area contributed by atoms with E-state index in [2.05, 4.69) is 55.0 Å². The summed E-state index contributed by atoms with van der Waals surface area (Å²) in [6.45, 7) is 14.4. The van der Waals surface area contributed by atoms with Gasteiger partial charge in [0.05, 0.1) is 8.07 Å². The van der Waals surface area contributed by atoms with Gasteiger partial charge in [-0.25, -0.2) is 0 Å². The van der Waals surface area contributed by atoms with Crippen molar-refractivity contribution in [2.24, 2.45) is 11.8 Å². The van der Waals surface area contributed by atoms with Gasteiger partial charge >= 0.3 is 0 Å². The molecule has 0 saturated carbocycles. The van der Waals surface area contributed by atoms with Crippen molar-refractivity contribution in [1.29, 1.82) is 0 Å². The molecule has 0 spiro atoms. The van der Waals surface area contributed by atoms with Crippen molar-refractivity contribution < 1.29 is 25.6 Å². The van der Waals surface area contributed by atoms with Gasteiger partial charge in [-0.05, 0) is 57.8 Å². The Labute approximate surface area is 315 Å². The minimum atomic E-state index is -1.67. The van der Waals surface area contributed by atoms with E-state index in [-0.39, 0.29) is 31.9 Å². The molecule has 2 aromatic heterocycles. The maximum Gasteiger partial charge on any atom is 0.0798 e. The fraction of sp³-hybridized carbons (Fsp3) is 0.244. The monoisotopic (exact) mass is 841 g/mol. The van der Waals surface area contributed by atoms with Gasteiger partial charge in [-0.1, -0.05) is 126 Å². The Hall–Kier alpha value is -3.95. The first-order chi connectivity index (χ1) is 24.6. The molecule has 0 amide bonds. The van der Waals surface area contributed by atoms with Crippen molar-refractivity contribution in [1.82, 2.24) is 9.97 Å². The predicted octanol–water partition coefficient (Wildman–Crippen LogP) is 11.4. The van der Waals surface area contributed by atoms with Gasteiger partial charge in [0.1, 0.15) is 0 Å². The largest absolute Gasteiger partial charge is 0.305 e. The number of hydrogen-bond donors (Lipinski definition) is 0. The normalized spacial score (nSPS) is 12.9. The molecule has 0 aliphatic carbocycles. The topological polar surface area (TPSA) is 25.8 Å². The SMILES string of the molecule is [2H]C([2H])(c1cc(-c2[c-]ccc(-c3ccccc3)c2)ncc1-c1ccccc1)C(C)C.[2H]C([2H])(c1cc(-c2[c-]cccc2)ncc1[Si](C)(C)C)C(C)C.[Ir]. The molecule has 4 heteroatoms. The summed E-state index contributed by atoms with van der Waals surface area (Å²) in [6.07, 6.45) is 0.836. The van der Waals surface area contributed by atoms with Crippen molar-refractivity contribution in [3.8, 4) is 44.8 Å². The Kier molecular flexibility index (Phi) is 11.6. The first-order valence-electron chi connectivity index (χ1n) is 18.7. The molecule has 6 rings (SSSR count). The van der Waals surface area contributed by atoms with Crippen LogP contribution in [-0.4, -0.2) is 18.0 Å². The third-order valence-electron chi connectivity index (χ3n) is 7.76. The standard InChI is InChI=1S/C27H24N.C18H24NSi.Ir/c1-20(2)16-25-18-27(28-19-26(25)22-12-7-4-8-13-22)24-15-9-14-23(17-24)21-10-5-3-6-11-21;1-14(2)11-16-12-17(15-9-7-6-8-10-15)19-13-18(16)20(3,4)5;/h3-14,17-20H,16H2,1-2H3;6-9,12-14H,11H2,1-5H3;/q2*-1;/i16D2;11D2;. The molecule has 0 atom stereocenters. The Bertz CT molecular complexity index is 2080. The van der Waals surface area contributed by atoms with Crippen LogP contribution in [0.2, 0.25) is 19.6 Å². The van der Waals surface area contributed by atoms with E-state index in [0.717, 1.165) is 55.5 Å². The Morgan fingerprint density at radius 2 is 1.14 bits per heavy atom. The zero-order chi connectivity index (χ0) is 37.7. The number of hydrogen-bond acceptors (Lipinski definition) is 2. The van der Waals surface area contributed by atoms with E-state index in [9.17, 15) is 0 Å². The molecular weight excluding hydrogens is 789 g/mol. The summed E-state index contributed by atoms with van der Waals surface area (Å²) < 4.78 is 34.7. The first-order valence-corrected chi connectivity index (χ1v) is 20.2. The molecule has 0 unspecified atom stereocenters. The molecule has 0 aliphatic heterocycles. The fourth-order valence-corrected chi connectivity index (χ4v) is 6.89. The number of rotatable bonds is 9. The van der Waals surface area contributed by atoms with Crippen LogP contribution in [0, 0.1) is 24.0 Å². The van der Waals surface area contributed by atoms with Crippen molar-refractivity contribution in [2.75, 3.05) is 0 Å². The summed E-state index contributed by atoms with van der Waals surface area (Å²) in [4.78, 5) is 9.28. The average molecular weight is 841 g/mol. The van der Waals surface area contributed by atoms with Crippen molar-refractivity contribution in [2.45, 2.75) is 60.1 Å². The molecule has 1 radical (unpaired) electrons. The van der Waals surface area contributed by atoms with E-state index in [0.29, 0.717) is 5.56 Å². The van der Waals surface area contributed by atoms with E-state index in [1.165, 1.54) is 0 Å². The fourth-order valence-electron chi connectivity index (χ4n) is 5.49. The minimum absolute atomic E-state index is 0. The molecule has 0 saturated heterocycles. The molecule has 0 bridgehead atoms. The zero-order valence-corrected chi connectivity index (χ0v) is 32.9. The Morgan fingerprint density at radius 1 is 0.592 bits per heavy atom. The number of pyridine rings is 2.